The summed E-state index contributed by atoms with van der Waals surface area (Å²) in [6, 6.07) is 3.82. The topological polar surface area (TPSA) is 55.2 Å². The van der Waals surface area contributed by atoms with Crippen LogP contribution in [0.5, 0.6) is 5.88 Å². The normalized spacial score (nSPS) is 12.4. The molecule has 0 spiro atoms. The van der Waals surface area contributed by atoms with Gasteiger partial charge in [-0.15, -0.1) is 11.3 Å². The molecule has 2 aromatic rings. The summed E-state index contributed by atoms with van der Waals surface area (Å²) >= 11 is 1.55. The summed E-state index contributed by atoms with van der Waals surface area (Å²) in [6.45, 7) is 3.69. The number of hydrogen-bond acceptors (Lipinski definition) is 5. The smallest absolute Gasteiger partial charge is 0.212 e. The Bertz CT molecular complexity index is 520. The van der Waals surface area contributed by atoms with E-state index in [1.165, 1.54) is 0 Å². The molecule has 0 aliphatic rings. The fraction of sp³-hybridized carbons (Fsp3) is 0.385. The van der Waals surface area contributed by atoms with Gasteiger partial charge in [-0.1, -0.05) is 6.07 Å². The summed E-state index contributed by atoms with van der Waals surface area (Å²) in [5.41, 5.74) is 1.99. The zero-order valence-electron chi connectivity index (χ0n) is 10.7. The minimum absolute atomic E-state index is 0.453. The summed E-state index contributed by atoms with van der Waals surface area (Å²) in [4.78, 5) is 9.57. The molecule has 0 bridgehead atoms. The lowest BCUT2D eigenvalue weighted by atomic mass is 10.2. The number of nitrogens with zero attached hydrogens (tertiary/aromatic N) is 2. The second-order valence-corrected chi connectivity index (χ2v) is 5.23. The maximum atomic E-state index is 9.59. The van der Waals surface area contributed by atoms with Crippen LogP contribution in [0, 0.1) is 6.92 Å². The van der Waals surface area contributed by atoms with Gasteiger partial charge in [-0.25, -0.2) is 9.97 Å². The van der Waals surface area contributed by atoms with E-state index < -0.39 is 6.10 Å². The van der Waals surface area contributed by atoms with Crippen LogP contribution in [0.2, 0.25) is 0 Å². The summed E-state index contributed by atoms with van der Waals surface area (Å²) in [5, 5.41) is 10.6. The lowest BCUT2D eigenvalue weighted by Crippen LogP contribution is -1.91. The number of rotatable bonds is 4. The zero-order valence-corrected chi connectivity index (χ0v) is 11.5. The Morgan fingerprint density at radius 3 is 2.72 bits per heavy atom. The van der Waals surface area contributed by atoms with Gasteiger partial charge in [0, 0.05) is 18.7 Å². The molecule has 0 aliphatic carbocycles. The first-order valence-corrected chi connectivity index (χ1v) is 6.55. The molecule has 2 rings (SSSR count). The van der Waals surface area contributed by atoms with Gasteiger partial charge in [0.25, 0.3) is 0 Å². The van der Waals surface area contributed by atoms with Crippen LogP contribution in [-0.2, 0) is 6.42 Å². The van der Waals surface area contributed by atoms with E-state index in [-0.39, 0.29) is 0 Å². The lowest BCUT2D eigenvalue weighted by Gasteiger charge is -2.00. The number of pyridine rings is 1. The van der Waals surface area contributed by atoms with Crippen molar-refractivity contribution in [1.29, 1.82) is 0 Å². The molecule has 0 aromatic carbocycles. The lowest BCUT2D eigenvalue weighted by molar-refractivity contribution is 0.202. The summed E-state index contributed by atoms with van der Waals surface area (Å²) in [7, 11) is 1.60. The van der Waals surface area contributed by atoms with Crippen molar-refractivity contribution in [2.75, 3.05) is 7.11 Å². The molecule has 4 nitrogen and oxygen atoms in total. The highest BCUT2D eigenvalue weighted by molar-refractivity contribution is 7.11. The second kappa shape index (κ2) is 5.46. The first-order chi connectivity index (χ1) is 8.60. The molecule has 2 aromatic heterocycles. The van der Waals surface area contributed by atoms with Crippen LogP contribution in [0.3, 0.4) is 0 Å². The predicted molar refractivity (Wildman–Crippen MR) is 71.1 cm³/mol. The molecule has 2 heterocycles. The number of ether oxygens (including phenoxy) is 1. The zero-order chi connectivity index (χ0) is 13.1. The van der Waals surface area contributed by atoms with Crippen molar-refractivity contribution in [3.63, 3.8) is 0 Å². The molecule has 0 aliphatic heterocycles. The first kappa shape index (κ1) is 13.0. The summed E-state index contributed by atoms with van der Waals surface area (Å²) < 4.78 is 5.02. The van der Waals surface area contributed by atoms with Gasteiger partial charge in [0.2, 0.25) is 5.88 Å². The van der Waals surface area contributed by atoms with Crippen LogP contribution in [0.25, 0.3) is 0 Å². The number of aryl methyl sites for hydroxylation is 1. The molecule has 0 radical (unpaired) electrons. The number of hydrogen-bond donors (Lipinski definition) is 1. The number of aliphatic hydroxyl groups excluding tert-OH is 1. The molecule has 1 N–H and O–H groups in total. The maximum Gasteiger partial charge on any atom is 0.212 e. The number of methoxy groups -OCH3 is 1. The molecule has 0 saturated heterocycles. The van der Waals surface area contributed by atoms with E-state index in [2.05, 4.69) is 9.97 Å². The van der Waals surface area contributed by atoms with Crippen LogP contribution in [0.4, 0.5) is 0 Å². The fourth-order valence-corrected chi connectivity index (χ4v) is 2.78. The Morgan fingerprint density at radius 2 is 2.22 bits per heavy atom. The van der Waals surface area contributed by atoms with E-state index in [1.54, 1.807) is 31.6 Å². The van der Waals surface area contributed by atoms with Gasteiger partial charge in [-0.05, 0) is 19.4 Å². The van der Waals surface area contributed by atoms with Crippen molar-refractivity contribution in [1.82, 2.24) is 9.97 Å². The average molecular weight is 264 g/mol. The van der Waals surface area contributed by atoms with Crippen molar-refractivity contribution >= 4 is 11.3 Å². The Kier molecular flexibility index (Phi) is 3.93. The average Bonchev–Trinajstić information content (AvgIpc) is 2.71. The SMILES string of the molecule is COc1ccc(Cc2nc(C)c(C(C)O)s2)cn1. The van der Waals surface area contributed by atoms with Crippen molar-refractivity contribution in [2.24, 2.45) is 0 Å². The number of thiazole rings is 1. The molecule has 1 atom stereocenters. The van der Waals surface area contributed by atoms with Gasteiger partial charge in [-0.3, -0.25) is 0 Å². The van der Waals surface area contributed by atoms with Gasteiger partial charge in [-0.2, -0.15) is 0 Å². The largest absolute Gasteiger partial charge is 0.481 e. The second-order valence-electron chi connectivity index (χ2n) is 4.12. The van der Waals surface area contributed by atoms with Gasteiger partial charge < -0.3 is 9.84 Å². The third-order valence-corrected chi connectivity index (χ3v) is 3.95. The Labute approximate surface area is 110 Å². The predicted octanol–water partition coefficient (Wildman–Crippen LogP) is 2.50. The van der Waals surface area contributed by atoms with E-state index in [4.69, 9.17) is 4.74 Å². The third-order valence-electron chi connectivity index (χ3n) is 2.62. The van der Waals surface area contributed by atoms with Crippen LogP contribution < -0.4 is 4.74 Å². The van der Waals surface area contributed by atoms with E-state index >= 15 is 0 Å². The van der Waals surface area contributed by atoms with Gasteiger partial charge in [0.15, 0.2) is 0 Å². The minimum Gasteiger partial charge on any atom is -0.481 e. The van der Waals surface area contributed by atoms with Crippen molar-refractivity contribution in [2.45, 2.75) is 26.4 Å². The maximum absolute atomic E-state index is 9.59. The molecule has 96 valence electrons. The van der Waals surface area contributed by atoms with Crippen LogP contribution >= 0.6 is 11.3 Å². The highest BCUT2D eigenvalue weighted by Gasteiger charge is 2.12. The Morgan fingerprint density at radius 1 is 1.44 bits per heavy atom. The van der Waals surface area contributed by atoms with Crippen LogP contribution in [0.1, 0.15) is 34.2 Å². The van der Waals surface area contributed by atoms with E-state index in [1.807, 2.05) is 19.1 Å². The van der Waals surface area contributed by atoms with E-state index in [0.29, 0.717) is 5.88 Å². The standard InChI is InChI=1S/C13H16N2O2S/c1-8-13(9(2)16)18-12(15-8)6-10-4-5-11(17-3)14-7-10/h4-5,7,9,16H,6H2,1-3H3. The van der Waals surface area contributed by atoms with Gasteiger partial charge in [0.05, 0.1) is 28.8 Å². The Hall–Kier alpha value is -1.46. The monoisotopic (exact) mass is 264 g/mol. The van der Waals surface area contributed by atoms with Gasteiger partial charge >= 0.3 is 0 Å². The van der Waals surface area contributed by atoms with Crippen molar-refractivity contribution < 1.29 is 9.84 Å². The molecule has 0 saturated carbocycles. The molecule has 18 heavy (non-hydrogen) atoms. The molecule has 0 fully saturated rings. The number of aliphatic hydroxyl groups is 1. The fourth-order valence-electron chi connectivity index (χ4n) is 1.74. The highest BCUT2D eigenvalue weighted by atomic mass is 32.1. The van der Waals surface area contributed by atoms with Crippen molar-refractivity contribution in [3.05, 3.63) is 39.5 Å². The number of aromatic nitrogens is 2. The minimum atomic E-state index is -0.453. The van der Waals surface area contributed by atoms with Gasteiger partial charge in [0.1, 0.15) is 0 Å². The van der Waals surface area contributed by atoms with Crippen LogP contribution in [0.15, 0.2) is 18.3 Å². The van der Waals surface area contributed by atoms with Crippen molar-refractivity contribution in [3.8, 4) is 5.88 Å². The molecular formula is C13H16N2O2S. The summed E-state index contributed by atoms with van der Waals surface area (Å²) in [5.74, 6) is 0.610. The van der Waals surface area contributed by atoms with Crippen LogP contribution in [-0.4, -0.2) is 22.2 Å². The highest BCUT2D eigenvalue weighted by Crippen LogP contribution is 2.26. The summed E-state index contributed by atoms with van der Waals surface area (Å²) in [6.07, 6.45) is 2.07. The van der Waals surface area contributed by atoms with E-state index in [0.717, 1.165) is 27.6 Å². The molecule has 5 heteroatoms. The Balaban J connectivity index is 2.15. The third kappa shape index (κ3) is 2.86. The molecule has 0 amide bonds. The first-order valence-electron chi connectivity index (χ1n) is 5.73. The molecular weight excluding hydrogens is 248 g/mol. The molecule has 1 unspecified atom stereocenters. The quantitative estimate of drug-likeness (QED) is 0.921. The van der Waals surface area contributed by atoms with E-state index in [9.17, 15) is 5.11 Å².